The molecule has 1 aromatic carbocycles. The maximum absolute atomic E-state index is 12.5. The van der Waals surface area contributed by atoms with E-state index in [1.165, 1.54) is 24.0 Å². The summed E-state index contributed by atoms with van der Waals surface area (Å²) in [7, 11) is 0. The van der Waals surface area contributed by atoms with Crippen molar-refractivity contribution in [2.24, 2.45) is 10.9 Å². The van der Waals surface area contributed by atoms with Gasteiger partial charge in [-0.25, -0.2) is 0 Å². The Bertz CT molecular complexity index is 556. The first-order valence-electron chi connectivity index (χ1n) is 7.75. The van der Waals surface area contributed by atoms with E-state index in [0.717, 1.165) is 25.0 Å². The molecule has 0 amide bonds. The van der Waals surface area contributed by atoms with Gasteiger partial charge in [0.1, 0.15) is 5.78 Å². The molecule has 2 nitrogen and oxygen atoms in total. The molecule has 1 saturated carbocycles. The summed E-state index contributed by atoms with van der Waals surface area (Å²) in [4.78, 5) is 17.3. The highest BCUT2D eigenvalue weighted by Crippen LogP contribution is 2.31. The molecule has 2 aliphatic rings. The summed E-state index contributed by atoms with van der Waals surface area (Å²) in [6, 6.07) is 8.42. The summed E-state index contributed by atoms with van der Waals surface area (Å²) < 4.78 is 0. The number of carbonyl (C=O) groups is 1. The van der Waals surface area contributed by atoms with Crippen LogP contribution in [0.5, 0.6) is 0 Å². The highest BCUT2D eigenvalue weighted by Gasteiger charge is 2.29. The number of ketones is 1. The van der Waals surface area contributed by atoms with E-state index >= 15 is 0 Å². The van der Waals surface area contributed by atoms with E-state index in [-0.39, 0.29) is 23.9 Å². The molecule has 0 unspecified atom stereocenters. The van der Waals surface area contributed by atoms with Gasteiger partial charge in [-0.3, -0.25) is 9.79 Å². The zero-order valence-electron chi connectivity index (χ0n) is 12.9. The molecular weight excluding hydrogens is 282 g/mol. The number of rotatable bonds is 3. The fraction of sp³-hybridized carbons (Fsp3) is 0.556. The molecule has 114 valence electrons. The molecule has 0 bridgehead atoms. The Kier molecular flexibility index (Phi) is 4.88. The Balaban J connectivity index is 0.00000161. The van der Waals surface area contributed by atoms with Gasteiger partial charge in [0, 0.05) is 12.3 Å². The first-order chi connectivity index (χ1) is 9.55. The molecule has 3 heteroatoms. The predicted octanol–water partition coefficient (Wildman–Crippen LogP) is 4.38. The minimum Gasteiger partial charge on any atom is -0.299 e. The number of carbonyl (C=O) groups excluding carboxylic acids is 1. The van der Waals surface area contributed by atoms with Gasteiger partial charge in [-0.15, -0.1) is 12.4 Å². The number of nitrogens with zero attached hydrogens (tertiary/aromatic N) is 1. The van der Waals surface area contributed by atoms with Gasteiger partial charge in [0.05, 0.1) is 11.3 Å². The Hall–Kier alpha value is -1.15. The molecule has 1 heterocycles. The lowest BCUT2D eigenvalue weighted by Gasteiger charge is -2.29. The average Bonchev–Trinajstić information content (AvgIpc) is 2.91. The molecule has 0 atom stereocenters. The first kappa shape index (κ1) is 16.2. The van der Waals surface area contributed by atoms with Gasteiger partial charge in [0.15, 0.2) is 0 Å². The van der Waals surface area contributed by atoms with E-state index in [1.54, 1.807) is 0 Å². The summed E-state index contributed by atoms with van der Waals surface area (Å²) in [5, 5.41) is 0. The van der Waals surface area contributed by atoms with Crippen molar-refractivity contribution in [3.05, 3.63) is 35.4 Å². The van der Waals surface area contributed by atoms with Crippen molar-refractivity contribution in [3.63, 3.8) is 0 Å². The molecule has 1 aromatic rings. The van der Waals surface area contributed by atoms with Crippen molar-refractivity contribution in [3.8, 4) is 0 Å². The molecule has 0 N–H and O–H groups in total. The maximum atomic E-state index is 12.5. The monoisotopic (exact) mass is 305 g/mol. The van der Waals surface area contributed by atoms with Crippen LogP contribution in [0.2, 0.25) is 0 Å². The number of hydrogen-bond acceptors (Lipinski definition) is 2. The fourth-order valence-corrected chi connectivity index (χ4v) is 3.58. The molecule has 3 rings (SSSR count). The van der Waals surface area contributed by atoms with Gasteiger partial charge in [0.2, 0.25) is 0 Å². The van der Waals surface area contributed by atoms with E-state index in [4.69, 9.17) is 4.99 Å². The van der Waals surface area contributed by atoms with Gasteiger partial charge in [-0.05, 0) is 44.2 Å². The zero-order chi connectivity index (χ0) is 14.2. The topological polar surface area (TPSA) is 29.4 Å². The third-order valence-electron chi connectivity index (χ3n) is 4.54. The van der Waals surface area contributed by atoms with Crippen LogP contribution in [-0.2, 0) is 11.2 Å². The van der Waals surface area contributed by atoms with Crippen LogP contribution in [0.4, 0.5) is 0 Å². The van der Waals surface area contributed by atoms with E-state index in [9.17, 15) is 4.79 Å². The zero-order valence-corrected chi connectivity index (χ0v) is 13.7. The van der Waals surface area contributed by atoms with Gasteiger partial charge in [-0.2, -0.15) is 0 Å². The summed E-state index contributed by atoms with van der Waals surface area (Å²) in [6.45, 7) is 4.31. The van der Waals surface area contributed by atoms with Crippen molar-refractivity contribution < 1.29 is 4.79 Å². The molecule has 0 aromatic heterocycles. The van der Waals surface area contributed by atoms with Crippen LogP contribution >= 0.6 is 12.4 Å². The maximum Gasteiger partial charge on any atom is 0.141 e. The van der Waals surface area contributed by atoms with Crippen molar-refractivity contribution in [1.82, 2.24) is 0 Å². The molecule has 1 aliphatic carbocycles. The number of aliphatic imine (C=N–C) groups is 1. The summed E-state index contributed by atoms with van der Waals surface area (Å²) in [5.41, 5.74) is 3.45. The van der Waals surface area contributed by atoms with E-state index in [2.05, 4.69) is 32.0 Å². The minimum atomic E-state index is -0.0837. The second-order valence-corrected chi connectivity index (χ2v) is 6.83. The van der Waals surface area contributed by atoms with Gasteiger partial charge >= 0.3 is 0 Å². The molecule has 21 heavy (non-hydrogen) atoms. The minimum absolute atomic E-state index is 0. The van der Waals surface area contributed by atoms with Crippen molar-refractivity contribution in [2.75, 3.05) is 0 Å². The number of Topliss-reactive ketones (excluding diaryl/α,β-unsaturated/α-hetero) is 1. The molecule has 1 fully saturated rings. The second-order valence-electron chi connectivity index (χ2n) is 6.83. The van der Waals surface area contributed by atoms with Crippen molar-refractivity contribution >= 4 is 23.9 Å². The smallest absolute Gasteiger partial charge is 0.141 e. The predicted molar refractivity (Wildman–Crippen MR) is 89.6 cm³/mol. The molecule has 0 saturated heterocycles. The number of benzene rings is 1. The normalized spacial score (nSPS) is 20.4. The highest BCUT2D eigenvalue weighted by molar-refractivity contribution is 6.13. The Labute approximate surface area is 133 Å². The first-order valence-corrected chi connectivity index (χ1v) is 7.75. The van der Waals surface area contributed by atoms with E-state index in [1.807, 2.05) is 6.07 Å². The quantitative estimate of drug-likeness (QED) is 0.814. The van der Waals surface area contributed by atoms with E-state index < -0.39 is 0 Å². The lowest BCUT2D eigenvalue weighted by Crippen LogP contribution is -2.30. The van der Waals surface area contributed by atoms with Crippen molar-refractivity contribution in [2.45, 2.75) is 57.9 Å². The van der Waals surface area contributed by atoms with Crippen molar-refractivity contribution in [1.29, 1.82) is 0 Å². The van der Waals surface area contributed by atoms with Gasteiger partial charge in [-0.1, -0.05) is 37.1 Å². The summed E-state index contributed by atoms with van der Waals surface area (Å²) >= 11 is 0. The standard InChI is InChI=1S/C18H23NO.ClH/c1-18(2)12-14-9-5-6-10-15(14)16(19-18)11-17(20)13-7-3-4-8-13;/h5-6,9-10,13H,3-4,7-8,11-12H2,1-2H3;1H. The van der Waals surface area contributed by atoms with Crippen LogP contribution in [0.25, 0.3) is 0 Å². The molecule has 1 aliphatic heterocycles. The molecule has 0 spiro atoms. The van der Waals surface area contributed by atoms with Gasteiger partial charge < -0.3 is 0 Å². The molecule has 0 radical (unpaired) electrons. The average molecular weight is 306 g/mol. The van der Waals surface area contributed by atoms with E-state index in [0.29, 0.717) is 12.2 Å². The Morgan fingerprint density at radius 2 is 1.90 bits per heavy atom. The third-order valence-corrected chi connectivity index (χ3v) is 4.54. The fourth-order valence-electron chi connectivity index (χ4n) is 3.58. The van der Waals surface area contributed by atoms with Gasteiger partial charge in [0.25, 0.3) is 0 Å². The number of halogens is 1. The van der Waals surface area contributed by atoms with Crippen LogP contribution in [-0.4, -0.2) is 17.0 Å². The Morgan fingerprint density at radius 1 is 1.24 bits per heavy atom. The highest BCUT2D eigenvalue weighted by atomic mass is 35.5. The third kappa shape index (κ3) is 3.55. The lowest BCUT2D eigenvalue weighted by molar-refractivity contribution is -0.121. The van der Waals surface area contributed by atoms with Crippen LogP contribution < -0.4 is 0 Å². The van der Waals surface area contributed by atoms with Crippen LogP contribution in [0.15, 0.2) is 29.3 Å². The molecular formula is C18H24ClNO. The summed E-state index contributed by atoms with van der Waals surface area (Å²) in [5.74, 6) is 0.684. The van der Waals surface area contributed by atoms with Crippen LogP contribution in [0.3, 0.4) is 0 Å². The summed E-state index contributed by atoms with van der Waals surface area (Å²) in [6.07, 6.45) is 6.07. The van der Waals surface area contributed by atoms with Crippen LogP contribution in [0.1, 0.15) is 57.1 Å². The largest absolute Gasteiger partial charge is 0.299 e. The Morgan fingerprint density at radius 3 is 2.62 bits per heavy atom. The second kappa shape index (κ2) is 6.31. The SMILES string of the molecule is CC1(C)Cc2ccccc2C(CC(=O)C2CCCC2)=N1.Cl. The number of hydrogen-bond donors (Lipinski definition) is 0. The van der Waals surface area contributed by atoms with Crippen LogP contribution in [0, 0.1) is 5.92 Å². The lowest BCUT2D eigenvalue weighted by atomic mass is 9.84. The number of fused-ring (bicyclic) bond motifs is 1.